The number of aromatic nitrogens is 4. The van der Waals surface area contributed by atoms with Crippen LogP contribution in [0.2, 0.25) is 5.02 Å². The molecular weight excluding hydrogens is 350 g/mol. The summed E-state index contributed by atoms with van der Waals surface area (Å²) in [5, 5.41) is 0.496. The molecule has 2 fully saturated rings. The van der Waals surface area contributed by atoms with Gasteiger partial charge in [0.1, 0.15) is 17.3 Å². The molecule has 9 heteroatoms. The largest absolute Gasteiger partial charge is 0.353 e. The van der Waals surface area contributed by atoms with Crippen molar-refractivity contribution in [2.45, 2.75) is 25.2 Å². The molecule has 2 aromatic rings. The van der Waals surface area contributed by atoms with Crippen molar-refractivity contribution in [3.05, 3.63) is 35.0 Å². The van der Waals surface area contributed by atoms with E-state index in [0.29, 0.717) is 48.8 Å². The van der Waals surface area contributed by atoms with Crippen molar-refractivity contribution >= 4 is 23.4 Å². The van der Waals surface area contributed by atoms with Crippen LogP contribution in [-0.2, 0) is 0 Å². The van der Waals surface area contributed by atoms with E-state index >= 15 is 0 Å². The summed E-state index contributed by atoms with van der Waals surface area (Å²) >= 11 is 5.81. The highest BCUT2D eigenvalue weighted by Gasteiger charge is 2.30. The third-order valence-corrected chi connectivity index (χ3v) is 4.60. The Morgan fingerprint density at radius 1 is 1.00 bits per heavy atom. The van der Waals surface area contributed by atoms with Gasteiger partial charge in [-0.2, -0.15) is 0 Å². The summed E-state index contributed by atoms with van der Waals surface area (Å²) in [7, 11) is 0. The van der Waals surface area contributed by atoms with Gasteiger partial charge in [-0.05, 0) is 12.8 Å². The molecule has 0 aromatic carbocycles. The van der Waals surface area contributed by atoms with Crippen LogP contribution in [0.1, 0.15) is 36.7 Å². The van der Waals surface area contributed by atoms with Gasteiger partial charge in [-0.3, -0.25) is 0 Å². The Bertz CT molecular complexity index is 725. The first-order valence-corrected chi connectivity index (χ1v) is 8.62. The van der Waals surface area contributed by atoms with Crippen LogP contribution in [0.5, 0.6) is 0 Å². The third kappa shape index (κ3) is 3.63. The number of hydrogen-bond acceptors (Lipinski definition) is 6. The molecule has 0 bridgehead atoms. The lowest BCUT2D eigenvalue weighted by molar-refractivity contribution is 0.145. The van der Waals surface area contributed by atoms with Crippen LogP contribution >= 0.6 is 11.6 Å². The van der Waals surface area contributed by atoms with E-state index in [4.69, 9.17) is 11.6 Å². The second kappa shape index (κ2) is 6.67. The number of nitrogens with zero attached hydrogens (tertiary/aromatic N) is 6. The summed E-state index contributed by atoms with van der Waals surface area (Å²) in [5.41, 5.74) is -0.185. The summed E-state index contributed by atoms with van der Waals surface area (Å²) in [5.74, 6) is 2.00. The van der Waals surface area contributed by atoms with Crippen LogP contribution < -0.4 is 9.80 Å². The zero-order valence-corrected chi connectivity index (χ0v) is 14.2. The first-order valence-electron chi connectivity index (χ1n) is 8.24. The van der Waals surface area contributed by atoms with Crippen molar-refractivity contribution in [1.29, 1.82) is 0 Å². The molecule has 0 unspecified atom stereocenters. The molecule has 6 nitrogen and oxygen atoms in total. The van der Waals surface area contributed by atoms with Crippen molar-refractivity contribution in [1.82, 2.24) is 19.9 Å². The Kier molecular flexibility index (Phi) is 4.37. The van der Waals surface area contributed by atoms with E-state index in [2.05, 4.69) is 19.9 Å². The lowest BCUT2D eigenvalue weighted by atomic mass is 10.3. The molecule has 1 saturated carbocycles. The Labute approximate surface area is 148 Å². The van der Waals surface area contributed by atoms with Crippen molar-refractivity contribution in [3.8, 4) is 0 Å². The maximum Gasteiger partial charge on any atom is 0.280 e. The fourth-order valence-corrected chi connectivity index (χ4v) is 2.97. The highest BCUT2D eigenvalue weighted by atomic mass is 35.5. The number of piperazine rings is 1. The highest BCUT2D eigenvalue weighted by Crippen LogP contribution is 2.39. The van der Waals surface area contributed by atoms with Crippen LogP contribution in [0, 0.1) is 0 Å². The lowest BCUT2D eigenvalue weighted by Gasteiger charge is -2.35. The van der Waals surface area contributed by atoms with Gasteiger partial charge in [0.15, 0.2) is 0 Å². The van der Waals surface area contributed by atoms with Crippen LogP contribution in [0.3, 0.4) is 0 Å². The first-order chi connectivity index (χ1) is 12.1. The number of rotatable bonds is 4. The van der Waals surface area contributed by atoms with Gasteiger partial charge in [0, 0.05) is 38.2 Å². The Morgan fingerprint density at radius 2 is 1.64 bits per heavy atom. The number of halogens is 3. The van der Waals surface area contributed by atoms with Gasteiger partial charge in [0.05, 0.1) is 17.4 Å². The van der Waals surface area contributed by atoms with E-state index in [-0.39, 0.29) is 11.6 Å². The number of alkyl halides is 2. The molecule has 0 N–H and O–H groups in total. The summed E-state index contributed by atoms with van der Waals surface area (Å²) in [4.78, 5) is 21.1. The summed E-state index contributed by atoms with van der Waals surface area (Å²) in [6.07, 6.45) is 2.51. The summed E-state index contributed by atoms with van der Waals surface area (Å²) in [6.45, 7) is 2.70. The van der Waals surface area contributed by atoms with Crippen molar-refractivity contribution in [2.75, 3.05) is 36.0 Å². The average Bonchev–Trinajstić information content (AvgIpc) is 3.47. The van der Waals surface area contributed by atoms with E-state index < -0.39 is 6.43 Å². The van der Waals surface area contributed by atoms with Crippen LogP contribution in [0.15, 0.2) is 18.5 Å². The lowest BCUT2D eigenvalue weighted by Crippen LogP contribution is -2.47. The average molecular weight is 367 g/mol. The molecule has 3 heterocycles. The molecule has 0 atom stereocenters. The molecule has 2 aromatic heterocycles. The van der Waals surface area contributed by atoms with Gasteiger partial charge in [-0.25, -0.2) is 28.7 Å². The molecule has 1 saturated heterocycles. The third-order valence-electron chi connectivity index (χ3n) is 4.41. The maximum atomic E-state index is 13.1. The molecule has 4 rings (SSSR count). The second-order valence-corrected chi connectivity index (χ2v) is 6.70. The topological polar surface area (TPSA) is 58.0 Å². The normalized spacial score (nSPS) is 18.1. The van der Waals surface area contributed by atoms with Gasteiger partial charge < -0.3 is 9.80 Å². The van der Waals surface area contributed by atoms with Gasteiger partial charge in [-0.15, -0.1) is 0 Å². The summed E-state index contributed by atoms with van der Waals surface area (Å²) < 4.78 is 26.3. The molecule has 0 radical (unpaired) electrons. The predicted octanol–water partition coefficient (Wildman–Crippen LogP) is 3.06. The van der Waals surface area contributed by atoms with Gasteiger partial charge in [0.25, 0.3) is 6.43 Å². The van der Waals surface area contributed by atoms with Gasteiger partial charge in [-0.1, -0.05) is 11.6 Å². The molecule has 0 amide bonds. The predicted molar refractivity (Wildman–Crippen MR) is 90.4 cm³/mol. The fraction of sp³-hybridized carbons (Fsp3) is 0.500. The van der Waals surface area contributed by atoms with E-state index in [1.54, 1.807) is 12.4 Å². The van der Waals surface area contributed by atoms with Gasteiger partial charge >= 0.3 is 0 Å². The minimum atomic E-state index is -2.58. The molecule has 2 aliphatic rings. The van der Waals surface area contributed by atoms with E-state index in [1.807, 2.05) is 9.80 Å². The molecular formula is C16H17ClF2N6. The number of hydrogen-bond donors (Lipinski definition) is 0. The monoisotopic (exact) mass is 366 g/mol. The van der Waals surface area contributed by atoms with Gasteiger partial charge in [0.2, 0.25) is 5.95 Å². The molecule has 1 aliphatic heterocycles. The molecule has 132 valence electrons. The van der Waals surface area contributed by atoms with Crippen molar-refractivity contribution in [2.24, 2.45) is 0 Å². The molecule has 1 aliphatic carbocycles. The zero-order chi connectivity index (χ0) is 17.4. The fourth-order valence-electron chi connectivity index (χ4n) is 2.87. The smallest absolute Gasteiger partial charge is 0.280 e. The van der Waals surface area contributed by atoms with Crippen LogP contribution in [0.4, 0.5) is 20.5 Å². The Morgan fingerprint density at radius 3 is 2.24 bits per heavy atom. The minimum Gasteiger partial charge on any atom is -0.353 e. The summed E-state index contributed by atoms with van der Waals surface area (Å²) in [6, 6.07) is 1.41. The van der Waals surface area contributed by atoms with Crippen LogP contribution in [-0.4, -0.2) is 46.1 Å². The van der Waals surface area contributed by atoms with Crippen LogP contribution in [0.25, 0.3) is 0 Å². The molecule has 0 spiro atoms. The first kappa shape index (κ1) is 16.4. The van der Waals surface area contributed by atoms with E-state index in [1.165, 1.54) is 6.07 Å². The zero-order valence-electron chi connectivity index (χ0n) is 13.4. The SMILES string of the molecule is FC(F)c1cc(N2CCN(c3ncc(Cl)cn3)CC2)nc(C2CC2)n1. The van der Waals surface area contributed by atoms with Crippen molar-refractivity contribution in [3.63, 3.8) is 0 Å². The minimum absolute atomic E-state index is 0.185. The number of anilines is 2. The van der Waals surface area contributed by atoms with E-state index in [0.717, 1.165) is 12.8 Å². The molecule has 25 heavy (non-hydrogen) atoms. The van der Waals surface area contributed by atoms with Crippen molar-refractivity contribution < 1.29 is 8.78 Å². The maximum absolute atomic E-state index is 13.1. The second-order valence-electron chi connectivity index (χ2n) is 6.26. The standard InChI is InChI=1S/C16H17ClF2N6/c17-11-8-20-16(21-9-11)25-5-3-24(4-6-25)13-7-12(14(18)19)22-15(23-13)10-1-2-10/h7-10,14H,1-6H2. The Hall–Kier alpha value is -2.09. The highest BCUT2D eigenvalue weighted by molar-refractivity contribution is 6.30. The Balaban J connectivity index is 1.49. The van der Waals surface area contributed by atoms with E-state index in [9.17, 15) is 8.78 Å². The quantitative estimate of drug-likeness (QED) is 0.829.